The van der Waals surface area contributed by atoms with Crippen molar-refractivity contribution in [3.05, 3.63) is 35.9 Å². The van der Waals surface area contributed by atoms with E-state index in [0.29, 0.717) is 12.8 Å². The summed E-state index contributed by atoms with van der Waals surface area (Å²) >= 11 is 0. The van der Waals surface area contributed by atoms with Crippen LogP contribution in [0.1, 0.15) is 141 Å². The van der Waals surface area contributed by atoms with Gasteiger partial charge in [-0.2, -0.15) is 0 Å². The third-order valence-electron chi connectivity index (χ3n) is 10.2. The van der Waals surface area contributed by atoms with Crippen LogP contribution in [-0.4, -0.2) is 94.4 Å². The van der Waals surface area contributed by atoms with Crippen LogP contribution in [0.2, 0.25) is 0 Å². The molecule has 1 amide bonds. The number of rotatable bonds is 29. The van der Waals surface area contributed by atoms with Gasteiger partial charge in [0.15, 0.2) is 0 Å². The molecule has 1 aromatic rings. The molecular formula is C40H71NO8. The van der Waals surface area contributed by atoms with E-state index in [9.17, 15) is 30.3 Å². The number of nitrogens with one attached hydrogen (secondary N) is 1. The predicted octanol–water partition coefficient (Wildman–Crippen LogP) is 6.00. The lowest BCUT2D eigenvalue weighted by Gasteiger charge is -2.40. The smallest absolute Gasteiger partial charge is 0.220 e. The van der Waals surface area contributed by atoms with Crippen LogP contribution in [0.5, 0.6) is 0 Å². The Morgan fingerprint density at radius 1 is 0.776 bits per heavy atom. The van der Waals surface area contributed by atoms with Crippen molar-refractivity contribution in [3.63, 3.8) is 0 Å². The first-order chi connectivity index (χ1) is 23.8. The SMILES string of the molecule is CCCCCCCCCCCCCC[C@@H](O)[C@@H](O)[C@H](CO[C@H]1C[C@H](COC)[C@H](O)[C@H](O)[C@H]1O)NC(=O)CCCCCCCc1ccccc1. The maximum atomic E-state index is 13.0. The van der Waals surface area contributed by atoms with Gasteiger partial charge in [-0.3, -0.25) is 4.79 Å². The predicted molar refractivity (Wildman–Crippen MR) is 195 cm³/mol. The zero-order chi connectivity index (χ0) is 35.7. The molecule has 49 heavy (non-hydrogen) atoms. The molecule has 1 saturated carbocycles. The summed E-state index contributed by atoms with van der Waals surface area (Å²) < 4.78 is 11.2. The van der Waals surface area contributed by atoms with Gasteiger partial charge < -0.3 is 40.3 Å². The Labute approximate surface area is 297 Å². The molecule has 0 bridgehead atoms. The second kappa shape index (κ2) is 27.1. The number of aliphatic hydroxyl groups excluding tert-OH is 5. The minimum absolute atomic E-state index is 0.147. The molecule has 284 valence electrons. The first-order valence-electron chi connectivity index (χ1n) is 19.6. The van der Waals surface area contributed by atoms with E-state index in [1.165, 1.54) is 70.5 Å². The minimum atomic E-state index is -1.40. The summed E-state index contributed by atoms with van der Waals surface area (Å²) in [5.41, 5.74) is 1.34. The number of amides is 1. The largest absolute Gasteiger partial charge is 0.390 e. The molecule has 0 radical (unpaired) electrons. The van der Waals surface area contributed by atoms with E-state index in [2.05, 4.69) is 36.5 Å². The Kier molecular flexibility index (Phi) is 24.1. The van der Waals surface area contributed by atoms with Crippen molar-refractivity contribution in [2.75, 3.05) is 20.3 Å². The van der Waals surface area contributed by atoms with Crippen LogP contribution in [0.25, 0.3) is 0 Å². The first-order valence-corrected chi connectivity index (χ1v) is 19.6. The van der Waals surface area contributed by atoms with Crippen LogP contribution in [-0.2, 0) is 20.7 Å². The molecule has 1 aliphatic rings. The lowest BCUT2D eigenvalue weighted by atomic mass is 9.81. The summed E-state index contributed by atoms with van der Waals surface area (Å²) in [4.78, 5) is 13.0. The van der Waals surface area contributed by atoms with E-state index in [-0.39, 0.29) is 25.5 Å². The molecule has 9 nitrogen and oxygen atoms in total. The summed E-state index contributed by atoms with van der Waals surface area (Å²) in [5, 5.41) is 56.3. The minimum Gasteiger partial charge on any atom is -0.390 e. The van der Waals surface area contributed by atoms with Gasteiger partial charge >= 0.3 is 0 Å². The number of aliphatic hydroxyl groups is 5. The van der Waals surface area contributed by atoms with Crippen molar-refractivity contribution in [3.8, 4) is 0 Å². The number of carbonyl (C=O) groups is 1. The topological polar surface area (TPSA) is 149 Å². The second-order valence-corrected chi connectivity index (χ2v) is 14.5. The summed E-state index contributed by atoms with van der Waals surface area (Å²) in [7, 11) is 1.50. The van der Waals surface area contributed by atoms with Gasteiger partial charge in [0, 0.05) is 19.4 Å². The molecule has 0 heterocycles. The Bertz CT molecular complexity index is 936. The molecule has 9 heteroatoms. The second-order valence-electron chi connectivity index (χ2n) is 14.5. The summed E-state index contributed by atoms with van der Waals surface area (Å²) in [6.45, 7) is 2.29. The van der Waals surface area contributed by atoms with Gasteiger partial charge in [0.1, 0.15) is 18.3 Å². The Balaban J connectivity index is 1.79. The zero-order valence-electron chi connectivity index (χ0n) is 30.7. The van der Waals surface area contributed by atoms with Crippen LogP contribution in [0.4, 0.5) is 0 Å². The van der Waals surface area contributed by atoms with E-state index < -0.39 is 48.6 Å². The van der Waals surface area contributed by atoms with E-state index in [1.54, 1.807) is 0 Å². The number of aryl methyl sites for hydroxylation is 1. The Hall–Kier alpha value is -1.59. The lowest BCUT2D eigenvalue weighted by molar-refractivity contribution is -0.183. The van der Waals surface area contributed by atoms with Crippen molar-refractivity contribution in [1.29, 1.82) is 0 Å². The number of methoxy groups -OCH3 is 1. The summed E-state index contributed by atoms with van der Waals surface area (Å²) in [6, 6.07) is 9.55. The van der Waals surface area contributed by atoms with Crippen LogP contribution in [0.3, 0.4) is 0 Å². The molecule has 2 rings (SSSR count). The summed E-state index contributed by atoms with van der Waals surface area (Å²) in [6.07, 6.45) is 14.5. The number of hydrogen-bond acceptors (Lipinski definition) is 8. The van der Waals surface area contributed by atoms with Crippen molar-refractivity contribution >= 4 is 5.91 Å². The Morgan fingerprint density at radius 3 is 1.96 bits per heavy atom. The van der Waals surface area contributed by atoms with E-state index in [0.717, 1.165) is 57.8 Å². The molecular weight excluding hydrogens is 622 g/mol. The van der Waals surface area contributed by atoms with Gasteiger partial charge in [-0.25, -0.2) is 0 Å². The molecule has 1 aliphatic carbocycles. The standard InChI is InChI=1S/C40H71NO8/c1-3-4-5-6-7-8-9-10-11-12-15-21-26-34(42)38(45)33(30-49-35-28-32(29-48-2)37(44)40(47)39(35)46)41-36(43)27-22-16-13-14-18-23-31-24-19-17-20-25-31/h17,19-20,24-25,32-35,37-40,42,44-47H,3-16,18,21-23,26-30H2,1-2H3,(H,41,43)/t32-,33+,34-,35+,37+,38+,39+,40+/m1/s1. The monoisotopic (exact) mass is 694 g/mol. The fraction of sp³-hybridized carbons (Fsp3) is 0.825. The van der Waals surface area contributed by atoms with Crippen molar-refractivity contribution in [1.82, 2.24) is 5.32 Å². The number of benzene rings is 1. The van der Waals surface area contributed by atoms with Crippen LogP contribution >= 0.6 is 0 Å². The number of carbonyl (C=O) groups excluding carboxylic acids is 1. The third kappa shape index (κ3) is 18.5. The average molecular weight is 694 g/mol. The quantitative estimate of drug-likeness (QED) is 0.0560. The van der Waals surface area contributed by atoms with E-state index in [1.807, 2.05) is 6.07 Å². The number of ether oxygens (including phenoxy) is 2. The highest BCUT2D eigenvalue weighted by atomic mass is 16.5. The van der Waals surface area contributed by atoms with Crippen LogP contribution in [0, 0.1) is 5.92 Å². The van der Waals surface area contributed by atoms with E-state index in [4.69, 9.17) is 9.47 Å². The van der Waals surface area contributed by atoms with Crippen molar-refractivity contribution in [2.24, 2.45) is 5.92 Å². The van der Waals surface area contributed by atoms with Gasteiger partial charge in [0.2, 0.25) is 5.91 Å². The van der Waals surface area contributed by atoms with Gasteiger partial charge in [-0.15, -0.1) is 0 Å². The molecule has 0 aliphatic heterocycles. The fourth-order valence-electron chi connectivity index (χ4n) is 6.98. The highest BCUT2D eigenvalue weighted by molar-refractivity contribution is 5.76. The highest BCUT2D eigenvalue weighted by Crippen LogP contribution is 2.28. The van der Waals surface area contributed by atoms with Crippen LogP contribution in [0.15, 0.2) is 30.3 Å². The number of hydrogen-bond donors (Lipinski definition) is 6. The molecule has 0 spiro atoms. The molecule has 6 N–H and O–H groups in total. The van der Waals surface area contributed by atoms with Crippen molar-refractivity contribution in [2.45, 2.75) is 184 Å². The number of unbranched alkanes of at least 4 members (excludes halogenated alkanes) is 15. The molecule has 1 fully saturated rings. The molecule has 1 aromatic carbocycles. The fourth-order valence-corrected chi connectivity index (χ4v) is 6.98. The highest BCUT2D eigenvalue weighted by Gasteiger charge is 2.43. The van der Waals surface area contributed by atoms with Gasteiger partial charge in [0.05, 0.1) is 37.6 Å². The van der Waals surface area contributed by atoms with Gasteiger partial charge in [-0.1, -0.05) is 134 Å². The van der Waals surface area contributed by atoms with E-state index >= 15 is 0 Å². The zero-order valence-corrected chi connectivity index (χ0v) is 30.7. The van der Waals surface area contributed by atoms with Crippen LogP contribution < -0.4 is 5.32 Å². The average Bonchev–Trinajstić information content (AvgIpc) is 3.10. The summed E-state index contributed by atoms with van der Waals surface area (Å²) in [5.74, 6) is -0.651. The molecule has 8 atom stereocenters. The molecule has 0 saturated heterocycles. The normalized spacial score (nSPS) is 22.9. The van der Waals surface area contributed by atoms with Gasteiger partial charge in [0.25, 0.3) is 0 Å². The van der Waals surface area contributed by atoms with Crippen molar-refractivity contribution < 1.29 is 39.8 Å². The maximum Gasteiger partial charge on any atom is 0.220 e. The lowest BCUT2D eigenvalue weighted by Crippen LogP contribution is -2.57. The Morgan fingerprint density at radius 2 is 1.35 bits per heavy atom. The first kappa shape index (κ1) is 43.6. The third-order valence-corrected chi connectivity index (χ3v) is 10.2. The molecule has 0 aromatic heterocycles. The maximum absolute atomic E-state index is 13.0. The van der Waals surface area contributed by atoms with Gasteiger partial charge in [-0.05, 0) is 37.7 Å². The molecule has 0 unspecified atom stereocenters.